The number of aromatic nitrogens is 2. The van der Waals surface area contributed by atoms with Gasteiger partial charge in [0.05, 0.1) is 12.7 Å². The maximum atomic E-state index is 12.8. The summed E-state index contributed by atoms with van der Waals surface area (Å²) in [5, 5.41) is 12.0. The first-order valence-corrected chi connectivity index (χ1v) is 11.2. The van der Waals surface area contributed by atoms with E-state index in [0.717, 1.165) is 11.3 Å². The van der Waals surface area contributed by atoms with E-state index in [1.807, 2.05) is 6.07 Å². The smallest absolute Gasteiger partial charge is 0.322 e. The van der Waals surface area contributed by atoms with Crippen LogP contribution in [0.4, 0.5) is 6.01 Å². The molecule has 3 heterocycles. The molecule has 9 nitrogen and oxygen atoms in total. The fourth-order valence-corrected chi connectivity index (χ4v) is 5.98. The van der Waals surface area contributed by atoms with Crippen LogP contribution in [-0.4, -0.2) is 48.5 Å². The van der Waals surface area contributed by atoms with Crippen molar-refractivity contribution < 1.29 is 22.4 Å². The zero-order chi connectivity index (χ0) is 20.4. The van der Waals surface area contributed by atoms with Gasteiger partial charge in [-0.25, -0.2) is 8.42 Å². The number of amides is 1. The topological polar surface area (TPSA) is 115 Å². The molecule has 29 heavy (non-hydrogen) atoms. The van der Waals surface area contributed by atoms with Crippen molar-refractivity contribution in [3.05, 3.63) is 41.8 Å². The van der Waals surface area contributed by atoms with Crippen LogP contribution in [-0.2, 0) is 14.8 Å². The Bertz CT molecular complexity index is 1110. The van der Waals surface area contributed by atoms with Crippen molar-refractivity contribution in [2.24, 2.45) is 0 Å². The molecule has 1 aliphatic rings. The van der Waals surface area contributed by atoms with Crippen LogP contribution in [0.25, 0.3) is 11.5 Å². The first-order chi connectivity index (χ1) is 14.0. The number of anilines is 1. The van der Waals surface area contributed by atoms with Gasteiger partial charge < -0.3 is 9.15 Å². The summed E-state index contributed by atoms with van der Waals surface area (Å²) in [6.07, 6.45) is 1.02. The SMILES string of the molecule is COc1ccccc1-c1nnc(NC(=O)C2CCCN2S(=O)(=O)c2cccs2)o1. The van der Waals surface area contributed by atoms with Crippen LogP contribution in [0, 0.1) is 0 Å². The summed E-state index contributed by atoms with van der Waals surface area (Å²) in [6.45, 7) is 0.286. The van der Waals surface area contributed by atoms with Gasteiger partial charge in [0.15, 0.2) is 0 Å². The number of para-hydroxylation sites is 1. The molecule has 1 N–H and O–H groups in total. The zero-order valence-corrected chi connectivity index (χ0v) is 17.1. The van der Waals surface area contributed by atoms with E-state index < -0.39 is 22.0 Å². The largest absolute Gasteiger partial charge is 0.496 e. The highest BCUT2D eigenvalue weighted by atomic mass is 32.2. The molecule has 152 valence electrons. The maximum absolute atomic E-state index is 12.8. The van der Waals surface area contributed by atoms with Crippen LogP contribution in [0.15, 0.2) is 50.4 Å². The number of carbonyl (C=O) groups excluding carboxylic acids is 1. The lowest BCUT2D eigenvalue weighted by molar-refractivity contribution is -0.119. The number of methoxy groups -OCH3 is 1. The molecule has 0 bridgehead atoms. The Labute approximate surface area is 171 Å². The first-order valence-electron chi connectivity index (χ1n) is 8.84. The van der Waals surface area contributed by atoms with Crippen LogP contribution in [0.2, 0.25) is 0 Å². The molecule has 1 amide bonds. The van der Waals surface area contributed by atoms with Gasteiger partial charge in [-0.15, -0.1) is 16.4 Å². The van der Waals surface area contributed by atoms with Crippen molar-refractivity contribution in [3.8, 4) is 17.2 Å². The predicted octanol–water partition coefficient (Wildman–Crippen LogP) is 2.60. The molecule has 1 aromatic carbocycles. The minimum absolute atomic E-state index is 0.101. The monoisotopic (exact) mass is 434 g/mol. The fraction of sp³-hybridized carbons (Fsp3) is 0.278. The van der Waals surface area contributed by atoms with Crippen LogP contribution in [0.5, 0.6) is 5.75 Å². The summed E-state index contributed by atoms with van der Waals surface area (Å²) in [7, 11) is -2.19. The number of ether oxygens (including phenoxy) is 1. The molecule has 4 rings (SSSR count). The number of nitrogens with one attached hydrogen (secondary N) is 1. The molecule has 2 aromatic heterocycles. The van der Waals surface area contributed by atoms with Gasteiger partial charge >= 0.3 is 6.01 Å². The molecule has 1 saturated heterocycles. The van der Waals surface area contributed by atoms with Gasteiger partial charge in [-0.05, 0) is 36.4 Å². The summed E-state index contributed by atoms with van der Waals surface area (Å²) in [5.41, 5.74) is 0.589. The number of hydrogen-bond acceptors (Lipinski definition) is 8. The molecule has 0 spiro atoms. The lowest BCUT2D eigenvalue weighted by Gasteiger charge is -2.21. The van der Waals surface area contributed by atoms with E-state index in [-0.39, 0.29) is 22.7 Å². The summed E-state index contributed by atoms with van der Waals surface area (Å²) < 4.78 is 37.9. The van der Waals surface area contributed by atoms with Gasteiger partial charge in [-0.1, -0.05) is 23.3 Å². The number of sulfonamides is 1. The molecule has 0 aliphatic carbocycles. The number of hydrogen-bond donors (Lipinski definition) is 1. The quantitative estimate of drug-likeness (QED) is 0.634. The predicted molar refractivity (Wildman–Crippen MR) is 106 cm³/mol. The highest BCUT2D eigenvalue weighted by molar-refractivity contribution is 7.91. The van der Waals surface area contributed by atoms with Crippen LogP contribution in [0.1, 0.15) is 12.8 Å². The number of carbonyl (C=O) groups is 1. The number of benzene rings is 1. The Balaban J connectivity index is 1.52. The van der Waals surface area contributed by atoms with E-state index in [2.05, 4.69) is 15.5 Å². The minimum atomic E-state index is -3.72. The van der Waals surface area contributed by atoms with Crippen molar-refractivity contribution >= 4 is 33.3 Å². The Morgan fingerprint density at radius 1 is 1.28 bits per heavy atom. The van der Waals surface area contributed by atoms with E-state index in [9.17, 15) is 13.2 Å². The van der Waals surface area contributed by atoms with Crippen molar-refractivity contribution in [3.63, 3.8) is 0 Å². The number of thiophene rings is 1. The number of nitrogens with zero attached hydrogens (tertiary/aromatic N) is 3. The van der Waals surface area contributed by atoms with Gasteiger partial charge in [-0.2, -0.15) is 4.31 Å². The Kier molecular flexibility index (Phi) is 5.35. The average Bonchev–Trinajstić information content (AvgIpc) is 3.49. The third-order valence-electron chi connectivity index (χ3n) is 4.56. The van der Waals surface area contributed by atoms with Gasteiger partial charge in [0.25, 0.3) is 15.9 Å². The fourth-order valence-electron chi connectivity index (χ4n) is 3.21. The molecule has 3 aromatic rings. The Morgan fingerprint density at radius 2 is 2.10 bits per heavy atom. The van der Waals surface area contributed by atoms with E-state index in [0.29, 0.717) is 24.2 Å². The van der Waals surface area contributed by atoms with E-state index >= 15 is 0 Å². The highest BCUT2D eigenvalue weighted by Crippen LogP contribution is 2.31. The van der Waals surface area contributed by atoms with Gasteiger partial charge in [-0.3, -0.25) is 10.1 Å². The normalized spacial score (nSPS) is 17.3. The molecule has 1 fully saturated rings. The third-order valence-corrected chi connectivity index (χ3v) is 7.84. The summed E-state index contributed by atoms with van der Waals surface area (Å²) in [6, 6.07) is 9.38. The molecular formula is C18H18N4O5S2. The second kappa shape index (κ2) is 7.93. The van der Waals surface area contributed by atoms with E-state index in [4.69, 9.17) is 9.15 Å². The van der Waals surface area contributed by atoms with Crippen LogP contribution in [0.3, 0.4) is 0 Å². The standard InChI is InChI=1S/C18H18N4O5S2/c1-26-14-8-3-2-6-12(14)17-20-21-18(27-17)19-16(23)13-7-4-10-22(13)29(24,25)15-9-5-11-28-15/h2-3,5-6,8-9,11,13H,4,7,10H2,1H3,(H,19,21,23). The Morgan fingerprint density at radius 3 is 2.86 bits per heavy atom. The second-order valence-corrected chi connectivity index (χ2v) is 9.37. The molecule has 0 radical (unpaired) electrons. The van der Waals surface area contributed by atoms with Gasteiger partial charge in [0.1, 0.15) is 16.0 Å². The first kappa shape index (κ1) is 19.6. The average molecular weight is 434 g/mol. The van der Waals surface area contributed by atoms with Crippen LogP contribution >= 0.6 is 11.3 Å². The van der Waals surface area contributed by atoms with Gasteiger partial charge in [0, 0.05) is 6.54 Å². The molecule has 11 heteroatoms. The molecule has 1 unspecified atom stereocenters. The molecule has 1 atom stereocenters. The summed E-state index contributed by atoms with van der Waals surface area (Å²) >= 11 is 1.12. The van der Waals surface area contributed by atoms with Crippen molar-refractivity contribution in [2.45, 2.75) is 23.1 Å². The van der Waals surface area contributed by atoms with E-state index in [1.165, 1.54) is 17.5 Å². The maximum Gasteiger partial charge on any atom is 0.322 e. The highest BCUT2D eigenvalue weighted by Gasteiger charge is 2.40. The zero-order valence-electron chi connectivity index (χ0n) is 15.4. The Hall–Kier alpha value is -2.76. The van der Waals surface area contributed by atoms with Gasteiger partial charge in [0.2, 0.25) is 5.91 Å². The molecule has 0 saturated carbocycles. The number of rotatable bonds is 6. The van der Waals surface area contributed by atoms with Crippen molar-refractivity contribution in [2.75, 3.05) is 19.0 Å². The summed E-state index contributed by atoms with van der Waals surface area (Å²) in [4.78, 5) is 12.7. The second-order valence-electron chi connectivity index (χ2n) is 6.31. The lowest BCUT2D eigenvalue weighted by Crippen LogP contribution is -2.42. The van der Waals surface area contributed by atoms with Crippen molar-refractivity contribution in [1.29, 1.82) is 0 Å². The summed E-state index contributed by atoms with van der Waals surface area (Å²) in [5.74, 6) is 0.239. The third kappa shape index (κ3) is 3.76. The lowest BCUT2D eigenvalue weighted by atomic mass is 10.2. The minimum Gasteiger partial charge on any atom is -0.496 e. The van der Waals surface area contributed by atoms with Crippen molar-refractivity contribution in [1.82, 2.24) is 14.5 Å². The van der Waals surface area contributed by atoms with Crippen LogP contribution < -0.4 is 10.1 Å². The van der Waals surface area contributed by atoms with E-state index in [1.54, 1.807) is 29.6 Å². The molecule has 1 aliphatic heterocycles. The molecular weight excluding hydrogens is 416 g/mol.